The third-order valence-electron chi connectivity index (χ3n) is 4.06. The molecule has 0 saturated carbocycles. The van der Waals surface area contributed by atoms with Gasteiger partial charge in [0.15, 0.2) is 5.60 Å². The van der Waals surface area contributed by atoms with Crippen LogP contribution in [0.15, 0.2) is 0 Å². The molecule has 0 spiro atoms. The number of hydrogen-bond donors (Lipinski definition) is 0. The lowest BCUT2D eigenvalue weighted by Crippen LogP contribution is -2.32. The highest BCUT2D eigenvalue weighted by atomic mass is 16.5. The summed E-state index contributed by atoms with van der Waals surface area (Å²) in [6.45, 7) is 12.4. The van der Waals surface area contributed by atoms with Crippen molar-refractivity contribution in [2.24, 2.45) is 0 Å². The fourth-order valence-corrected chi connectivity index (χ4v) is 2.63. The van der Waals surface area contributed by atoms with Gasteiger partial charge in [0.25, 0.3) is 0 Å². The van der Waals surface area contributed by atoms with Gasteiger partial charge < -0.3 is 9.47 Å². The third kappa shape index (κ3) is 2.19. The maximum absolute atomic E-state index is 12.5. The van der Waals surface area contributed by atoms with Gasteiger partial charge >= 0.3 is 0 Å². The van der Waals surface area contributed by atoms with Gasteiger partial charge in [-0.3, -0.25) is 4.79 Å². The van der Waals surface area contributed by atoms with E-state index in [1.165, 1.54) is 0 Å². The molecule has 0 aromatic heterocycles. The number of fused-ring (bicyclic) bond motifs is 1. The Hall–Kier alpha value is -1.51. The molecule has 0 bridgehead atoms. The standard InChI is InChI=1S/C17H24O3/c1-7-8-9-19-14-10(2)11(3)15-13(12(14)4)16(18)17(5,6)20-15/h7-9H2,1-6H3. The van der Waals surface area contributed by atoms with Gasteiger partial charge in [-0.2, -0.15) is 0 Å². The minimum absolute atomic E-state index is 0.0495. The second-order valence-corrected chi connectivity index (χ2v) is 6.05. The van der Waals surface area contributed by atoms with Crippen LogP contribution in [0.1, 0.15) is 60.7 Å². The molecule has 1 aromatic carbocycles. The van der Waals surface area contributed by atoms with Crippen LogP contribution >= 0.6 is 0 Å². The largest absolute Gasteiger partial charge is 0.493 e. The number of ketones is 1. The van der Waals surface area contributed by atoms with E-state index >= 15 is 0 Å². The number of Topliss-reactive ketones (excluding diaryl/α,β-unsaturated/α-hetero) is 1. The van der Waals surface area contributed by atoms with Gasteiger partial charge in [0.1, 0.15) is 11.5 Å². The molecule has 0 radical (unpaired) electrons. The van der Waals surface area contributed by atoms with Crippen LogP contribution < -0.4 is 9.47 Å². The van der Waals surface area contributed by atoms with Gasteiger partial charge in [-0.15, -0.1) is 0 Å². The third-order valence-corrected chi connectivity index (χ3v) is 4.06. The Balaban J connectivity index is 2.51. The van der Waals surface area contributed by atoms with Crippen molar-refractivity contribution in [2.75, 3.05) is 6.61 Å². The summed E-state index contributed by atoms with van der Waals surface area (Å²) in [7, 11) is 0. The molecule has 3 heteroatoms. The first-order valence-corrected chi connectivity index (χ1v) is 7.31. The van der Waals surface area contributed by atoms with Crippen LogP contribution in [0.25, 0.3) is 0 Å². The Morgan fingerprint density at radius 1 is 1.10 bits per heavy atom. The van der Waals surface area contributed by atoms with Crippen molar-refractivity contribution in [3.05, 3.63) is 22.3 Å². The lowest BCUT2D eigenvalue weighted by atomic mass is 9.92. The van der Waals surface area contributed by atoms with Crippen LogP contribution in [-0.2, 0) is 0 Å². The second-order valence-electron chi connectivity index (χ2n) is 6.05. The van der Waals surface area contributed by atoms with Crippen LogP contribution in [-0.4, -0.2) is 18.0 Å². The molecular weight excluding hydrogens is 252 g/mol. The van der Waals surface area contributed by atoms with Crippen molar-refractivity contribution in [3.8, 4) is 11.5 Å². The van der Waals surface area contributed by atoms with E-state index in [-0.39, 0.29) is 5.78 Å². The first-order valence-electron chi connectivity index (χ1n) is 7.31. The first kappa shape index (κ1) is 14.9. The summed E-state index contributed by atoms with van der Waals surface area (Å²) >= 11 is 0. The van der Waals surface area contributed by atoms with Crippen molar-refractivity contribution in [1.29, 1.82) is 0 Å². The highest BCUT2D eigenvalue weighted by Gasteiger charge is 2.43. The number of carbonyl (C=O) groups is 1. The van der Waals surface area contributed by atoms with Crippen molar-refractivity contribution in [1.82, 2.24) is 0 Å². The van der Waals surface area contributed by atoms with Gasteiger partial charge in [-0.25, -0.2) is 0 Å². The van der Waals surface area contributed by atoms with E-state index in [9.17, 15) is 4.79 Å². The van der Waals surface area contributed by atoms with E-state index < -0.39 is 5.60 Å². The fourth-order valence-electron chi connectivity index (χ4n) is 2.63. The summed E-state index contributed by atoms with van der Waals surface area (Å²) in [5.74, 6) is 1.63. The van der Waals surface area contributed by atoms with Gasteiger partial charge in [-0.05, 0) is 52.2 Å². The molecular formula is C17H24O3. The predicted octanol–water partition coefficient (Wildman–Crippen LogP) is 4.14. The molecule has 0 atom stereocenters. The Morgan fingerprint density at radius 2 is 1.75 bits per heavy atom. The second kappa shape index (κ2) is 5.12. The highest BCUT2D eigenvalue weighted by Crippen LogP contribution is 2.45. The average molecular weight is 276 g/mol. The summed E-state index contributed by atoms with van der Waals surface area (Å²) in [5.41, 5.74) is 2.92. The number of rotatable bonds is 4. The lowest BCUT2D eigenvalue weighted by Gasteiger charge is -2.18. The number of ether oxygens (including phenoxy) is 2. The van der Waals surface area contributed by atoms with E-state index in [0.717, 1.165) is 41.0 Å². The van der Waals surface area contributed by atoms with Crippen LogP contribution in [0, 0.1) is 20.8 Å². The molecule has 1 aromatic rings. The quantitative estimate of drug-likeness (QED) is 0.775. The summed E-state index contributed by atoms with van der Waals surface area (Å²) in [6.07, 6.45) is 2.11. The van der Waals surface area contributed by atoms with E-state index in [4.69, 9.17) is 9.47 Å². The Kier molecular flexibility index (Phi) is 3.81. The van der Waals surface area contributed by atoms with E-state index in [0.29, 0.717) is 12.2 Å². The molecule has 0 fully saturated rings. The van der Waals surface area contributed by atoms with Crippen LogP contribution in [0.2, 0.25) is 0 Å². The molecule has 110 valence electrons. The smallest absolute Gasteiger partial charge is 0.209 e. The maximum atomic E-state index is 12.5. The summed E-state index contributed by atoms with van der Waals surface area (Å²) in [6, 6.07) is 0. The Bertz CT molecular complexity index is 556. The monoisotopic (exact) mass is 276 g/mol. The number of benzene rings is 1. The minimum atomic E-state index is -0.771. The first-order chi connectivity index (χ1) is 9.31. The van der Waals surface area contributed by atoms with Gasteiger partial charge in [0.05, 0.1) is 12.2 Å². The minimum Gasteiger partial charge on any atom is -0.493 e. The zero-order valence-corrected chi connectivity index (χ0v) is 13.3. The molecule has 1 aliphatic rings. The summed E-state index contributed by atoms with van der Waals surface area (Å²) in [4.78, 5) is 12.5. The summed E-state index contributed by atoms with van der Waals surface area (Å²) < 4.78 is 11.8. The van der Waals surface area contributed by atoms with E-state index in [1.54, 1.807) is 0 Å². The molecule has 0 amide bonds. The molecule has 3 nitrogen and oxygen atoms in total. The highest BCUT2D eigenvalue weighted by molar-refractivity contribution is 6.09. The zero-order valence-electron chi connectivity index (χ0n) is 13.3. The van der Waals surface area contributed by atoms with Crippen molar-refractivity contribution >= 4 is 5.78 Å². The average Bonchev–Trinajstić information content (AvgIpc) is 2.63. The predicted molar refractivity (Wildman–Crippen MR) is 80.1 cm³/mol. The molecule has 1 aliphatic heterocycles. The fraction of sp³-hybridized carbons (Fsp3) is 0.588. The van der Waals surface area contributed by atoms with Crippen LogP contribution in [0.5, 0.6) is 11.5 Å². The molecule has 2 rings (SSSR count). The van der Waals surface area contributed by atoms with Gasteiger partial charge in [-0.1, -0.05) is 13.3 Å². The maximum Gasteiger partial charge on any atom is 0.209 e. The Labute approximate surface area is 121 Å². The number of unbranched alkanes of at least 4 members (excludes halogenated alkanes) is 1. The lowest BCUT2D eigenvalue weighted by molar-refractivity contribution is 0.0683. The zero-order chi connectivity index (χ0) is 15.1. The number of carbonyl (C=O) groups excluding carboxylic acids is 1. The van der Waals surface area contributed by atoms with Crippen LogP contribution in [0.3, 0.4) is 0 Å². The van der Waals surface area contributed by atoms with Crippen molar-refractivity contribution in [3.63, 3.8) is 0 Å². The normalized spacial score (nSPS) is 16.0. The Morgan fingerprint density at radius 3 is 2.35 bits per heavy atom. The molecule has 0 N–H and O–H groups in total. The summed E-state index contributed by atoms with van der Waals surface area (Å²) in [5, 5.41) is 0. The SMILES string of the molecule is CCCCOc1c(C)c(C)c2c(c1C)C(=O)C(C)(C)O2. The van der Waals surface area contributed by atoms with Gasteiger partial charge in [0, 0.05) is 5.56 Å². The van der Waals surface area contributed by atoms with E-state index in [1.807, 2.05) is 34.6 Å². The molecule has 0 aliphatic carbocycles. The molecule has 0 saturated heterocycles. The molecule has 0 unspecified atom stereocenters. The topological polar surface area (TPSA) is 35.5 Å². The van der Waals surface area contributed by atoms with Gasteiger partial charge in [0.2, 0.25) is 5.78 Å². The molecule has 20 heavy (non-hydrogen) atoms. The number of hydrogen-bond acceptors (Lipinski definition) is 3. The van der Waals surface area contributed by atoms with Crippen LogP contribution in [0.4, 0.5) is 0 Å². The van der Waals surface area contributed by atoms with Crippen molar-refractivity contribution in [2.45, 2.75) is 60.0 Å². The van der Waals surface area contributed by atoms with E-state index in [2.05, 4.69) is 6.92 Å². The van der Waals surface area contributed by atoms with Crippen molar-refractivity contribution < 1.29 is 14.3 Å². The molecule has 1 heterocycles.